The minimum atomic E-state index is -0.965. The predicted octanol–water partition coefficient (Wildman–Crippen LogP) is 7.79. The molecular weight excluding hydrogens is 462 g/mol. The summed E-state index contributed by atoms with van der Waals surface area (Å²) in [5, 5.41) is 0.914. The van der Waals surface area contributed by atoms with Crippen LogP contribution in [0, 0.1) is 5.92 Å². The third-order valence-electron chi connectivity index (χ3n) is 7.04. The average Bonchev–Trinajstić information content (AvgIpc) is 3.18. The molecule has 0 saturated heterocycles. The minimum Gasteiger partial charge on any atom is -0.491 e. The Hall–Kier alpha value is -3.99. The molecule has 4 aromatic rings. The topological polar surface area (TPSA) is 65.5 Å². The highest BCUT2D eigenvalue weighted by Crippen LogP contribution is 2.37. The summed E-state index contributed by atoms with van der Waals surface area (Å²) in [5.74, 6) is 0.896. The van der Waals surface area contributed by atoms with Gasteiger partial charge in [-0.2, -0.15) is 0 Å². The van der Waals surface area contributed by atoms with Gasteiger partial charge in [-0.15, -0.1) is 0 Å². The molecule has 0 bridgehead atoms. The van der Waals surface area contributed by atoms with Gasteiger partial charge in [0.05, 0.1) is 12.3 Å². The number of ketones is 2. The molecule has 188 valence electrons. The fourth-order valence-electron chi connectivity index (χ4n) is 4.85. The van der Waals surface area contributed by atoms with Crippen molar-refractivity contribution < 1.29 is 19.1 Å². The van der Waals surface area contributed by atoms with E-state index >= 15 is 0 Å². The molecule has 5 rings (SSSR count). The summed E-state index contributed by atoms with van der Waals surface area (Å²) in [6.07, 6.45) is 4.55. The van der Waals surface area contributed by atoms with Crippen LogP contribution in [0.25, 0.3) is 10.9 Å². The summed E-state index contributed by atoms with van der Waals surface area (Å²) in [6.45, 7) is 5.01. The van der Waals surface area contributed by atoms with Gasteiger partial charge >= 0.3 is 0 Å². The van der Waals surface area contributed by atoms with E-state index in [1.165, 1.54) is 12.8 Å². The highest BCUT2D eigenvalue weighted by atomic mass is 16.5. The Morgan fingerprint density at radius 1 is 0.838 bits per heavy atom. The highest BCUT2D eigenvalue weighted by molar-refractivity contribution is 6.29. The second-order valence-corrected chi connectivity index (χ2v) is 9.58. The van der Waals surface area contributed by atoms with Crippen molar-refractivity contribution in [2.75, 3.05) is 6.61 Å². The van der Waals surface area contributed by atoms with Crippen LogP contribution in [0.5, 0.6) is 17.2 Å². The van der Waals surface area contributed by atoms with Crippen molar-refractivity contribution in [3.8, 4) is 17.2 Å². The number of unbranched alkanes of at least 4 members (excludes halogenated alkanes) is 1. The van der Waals surface area contributed by atoms with E-state index in [9.17, 15) is 9.59 Å². The van der Waals surface area contributed by atoms with Gasteiger partial charge in [0.2, 0.25) is 0 Å². The van der Waals surface area contributed by atoms with Gasteiger partial charge < -0.3 is 9.47 Å². The van der Waals surface area contributed by atoms with Crippen molar-refractivity contribution in [2.45, 2.75) is 45.4 Å². The van der Waals surface area contributed by atoms with E-state index in [1.54, 1.807) is 24.3 Å². The van der Waals surface area contributed by atoms with E-state index in [1.807, 2.05) is 54.6 Å². The number of nitrogens with zero attached hydrogens (tertiary/aromatic N) is 1. The maximum atomic E-state index is 13.4. The number of carbonyl (C=O) groups excluding carboxylic acids is 2. The van der Waals surface area contributed by atoms with E-state index in [-0.39, 0.29) is 11.6 Å². The molecule has 0 aliphatic heterocycles. The molecule has 1 aliphatic rings. The molecule has 1 heterocycles. The minimum absolute atomic E-state index is 0.234. The lowest BCUT2D eigenvalue weighted by atomic mass is 9.98. The zero-order chi connectivity index (χ0) is 25.8. The van der Waals surface area contributed by atoms with Crippen LogP contribution in [-0.2, 0) is 0 Å². The van der Waals surface area contributed by atoms with E-state index < -0.39 is 5.92 Å². The first-order valence-corrected chi connectivity index (χ1v) is 13.1. The first kappa shape index (κ1) is 24.7. The summed E-state index contributed by atoms with van der Waals surface area (Å²) in [4.78, 5) is 31.6. The highest BCUT2D eigenvalue weighted by Gasteiger charge is 2.41. The number of ether oxygens (including phenoxy) is 2. The van der Waals surface area contributed by atoms with E-state index in [0.29, 0.717) is 52.1 Å². The third-order valence-corrected chi connectivity index (χ3v) is 7.04. The van der Waals surface area contributed by atoms with Crippen LogP contribution in [-0.4, -0.2) is 23.2 Å². The summed E-state index contributed by atoms with van der Waals surface area (Å²) >= 11 is 0. The molecule has 0 amide bonds. The van der Waals surface area contributed by atoms with E-state index in [0.717, 1.165) is 18.2 Å². The molecule has 3 aromatic carbocycles. The van der Waals surface area contributed by atoms with Gasteiger partial charge in [-0.05, 0) is 54.8 Å². The van der Waals surface area contributed by atoms with E-state index in [4.69, 9.17) is 14.5 Å². The Bertz CT molecular complexity index is 1430. The van der Waals surface area contributed by atoms with Crippen LogP contribution in [0.4, 0.5) is 0 Å². The fourth-order valence-corrected chi connectivity index (χ4v) is 4.85. The van der Waals surface area contributed by atoms with Gasteiger partial charge in [-0.1, -0.05) is 69.5 Å². The third kappa shape index (κ3) is 5.12. The standard InChI is InChI=1S/C32H31NO4/c1-3-5-10-21(4-2)20-36-28-14-9-11-22-15-18-27(33-30(22)28)29-31(34)25-17-16-24(19-26(25)32(29)35)37-23-12-7-6-8-13-23/h6-9,11-19,21,29H,3-5,10,20H2,1-2H3. The second kappa shape index (κ2) is 11.0. The lowest BCUT2D eigenvalue weighted by Gasteiger charge is -2.17. The number of aromatic nitrogens is 1. The number of carbonyl (C=O) groups is 2. The SMILES string of the molecule is CCCCC(CC)COc1cccc2ccc(C3C(=O)c4ccc(Oc5ccccc5)cc4C3=O)nc12. The van der Waals surface area contributed by atoms with Crippen molar-refractivity contribution in [3.63, 3.8) is 0 Å². The number of hydrogen-bond acceptors (Lipinski definition) is 5. The molecule has 2 unspecified atom stereocenters. The van der Waals surface area contributed by atoms with Crippen LogP contribution >= 0.6 is 0 Å². The Morgan fingerprint density at radius 3 is 2.43 bits per heavy atom. The largest absolute Gasteiger partial charge is 0.491 e. The smallest absolute Gasteiger partial charge is 0.180 e. The predicted molar refractivity (Wildman–Crippen MR) is 145 cm³/mol. The van der Waals surface area contributed by atoms with Gasteiger partial charge in [0.15, 0.2) is 11.6 Å². The van der Waals surface area contributed by atoms with Crippen molar-refractivity contribution in [1.29, 1.82) is 0 Å². The number of para-hydroxylation sites is 2. The fraction of sp³-hybridized carbons (Fsp3) is 0.281. The lowest BCUT2D eigenvalue weighted by Crippen LogP contribution is -2.15. The Balaban J connectivity index is 1.41. The van der Waals surface area contributed by atoms with Gasteiger partial charge in [-0.3, -0.25) is 9.59 Å². The number of pyridine rings is 1. The molecule has 0 saturated carbocycles. The van der Waals surface area contributed by atoms with Crippen LogP contribution in [0.2, 0.25) is 0 Å². The number of benzene rings is 3. The first-order chi connectivity index (χ1) is 18.1. The molecule has 0 fully saturated rings. The molecule has 2 atom stereocenters. The number of hydrogen-bond donors (Lipinski definition) is 0. The lowest BCUT2D eigenvalue weighted by molar-refractivity contribution is 0.0888. The molecule has 0 spiro atoms. The molecule has 1 aliphatic carbocycles. The number of fused-ring (bicyclic) bond motifs is 2. The maximum absolute atomic E-state index is 13.4. The maximum Gasteiger partial charge on any atom is 0.180 e. The summed E-state index contributed by atoms with van der Waals surface area (Å²) in [5.41, 5.74) is 1.90. The molecule has 5 nitrogen and oxygen atoms in total. The molecular formula is C32H31NO4. The zero-order valence-electron chi connectivity index (χ0n) is 21.3. The molecule has 1 aromatic heterocycles. The van der Waals surface area contributed by atoms with Crippen molar-refractivity contribution in [1.82, 2.24) is 4.98 Å². The van der Waals surface area contributed by atoms with Gasteiger partial charge in [-0.25, -0.2) is 4.98 Å². The Labute approximate surface area is 217 Å². The van der Waals surface area contributed by atoms with Crippen LogP contribution < -0.4 is 9.47 Å². The van der Waals surface area contributed by atoms with Crippen molar-refractivity contribution in [3.05, 3.63) is 95.7 Å². The number of Topliss-reactive ketones (excluding diaryl/α,β-unsaturated/α-hetero) is 2. The molecule has 5 heteroatoms. The molecule has 0 radical (unpaired) electrons. The van der Waals surface area contributed by atoms with E-state index in [2.05, 4.69) is 13.8 Å². The van der Waals surface area contributed by atoms with Crippen molar-refractivity contribution >= 4 is 22.5 Å². The second-order valence-electron chi connectivity index (χ2n) is 9.58. The quantitative estimate of drug-likeness (QED) is 0.211. The van der Waals surface area contributed by atoms with Crippen LogP contribution in [0.15, 0.2) is 78.9 Å². The average molecular weight is 494 g/mol. The zero-order valence-corrected chi connectivity index (χ0v) is 21.3. The van der Waals surface area contributed by atoms with Gasteiger partial charge in [0.1, 0.15) is 28.7 Å². The first-order valence-electron chi connectivity index (χ1n) is 13.1. The normalized spacial score (nSPS) is 15.6. The monoisotopic (exact) mass is 493 g/mol. The van der Waals surface area contributed by atoms with Crippen LogP contribution in [0.3, 0.4) is 0 Å². The summed E-state index contributed by atoms with van der Waals surface area (Å²) < 4.78 is 12.1. The van der Waals surface area contributed by atoms with Crippen molar-refractivity contribution in [2.24, 2.45) is 5.92 Å². The Kier molecular flexibility index (Phi) is 7.31. The molecule has 37 heavy (non-hydrogen) atoms. The van der Waals surface area contributed by atoms with Crippen LogP contribution in [0.1, 0.15) is 71.9 Å². The summed E-state index contributed by atoms with van der Waals surface area (Å²) in [6, 6.07) is 23.9. The summed E-state index contributed by atoms with van der Waals surface area (Å²) in [7, 11) is 0. The van der Waals surface area contributed by atoms with Gasteiger partial charge in [0, 0.05) is 16.5 Å². The number of rotatable bonds is 10. The Morgan fingerprint density at radius 2 is 1.65 bits per heavy atom. The van der Waals surface area contributed by atoms with Gasteiger partial charge in [0.25, 0.3) is 0 Å². The molecule has 0 N–H and O–H groups in total.